The average Bonchev–Trinajstić information content (AvgIpc) is 1.83. The van der Waals surface area contributed by atoms with Crippen LogP contribution in [0.2, 0.25) is 0 Å². The van der Waals surface area contributed by atoms with E-state index in [1.165, 1.54) is 6.07 Å². The lowest BCUT2D eigenvalue weighted by Gasteiger charge is -2.18. The minimum Gasteiger partial charge on any atom is -0.386 e. The number of aliphatic hydroxyl groups is 1. The Kier molecular flexibility index (Phi) is 2.54. The minimum atomic E-state index is -1.12. The van der Waals surface area contributed by atoms with Gasteiger partial charge in [-0.3, -0.25) is 0 Å². The van der Waals surface area contributed by atoms with E-state index in [-0.39, 0.29) is 0 Å². The first kappa shape index (κ1) is 9.68. The first-order valence-corrected chi connectivity index (χ1v) is 4.38. The highest BCUT2D eigenvalue weighted by Gasteiger charge is 2.19. The zero-order valence-corrected chi connectivity index (χ0v) is 8.52. The largest absolute Gasteiger partial charge is 0.386 e. The topological polar surface area (TPSA) is 20.2 Å². The van der Waals surface area contributed by atoms with Crippen LogP contribution in [-0.4, -0.2) is 5.11 Å². The molecule has 0 fully saturated rings. The van der Waals surface area contributed by atoms with E-state index in [0.29, 0.717) is 10.0 Å². The molecule has 0 heterocycles. The molecule has 1 aromatic carbocycles. The fourth-order valence-corrected chi connectivity index (χ4v) is 1.32. The quantitative estimate of drug-likeness (QED) is 0.790. The van der Waals surface area contributed by atoms with Crippen LogP contribution >= 0.6 is 15.9 Å². The third-order valence-electron chi connectivity index (χ3n) is 1.59. The van der Waals surface area contributed by atoms with Gasteiger partial charge >= 0.3 is 0 Å². The van der Waals surface area contributed by atoms with Gasteiger partial charge in [-0.25, -0.2) is 4.39 Å². The molecule has 1 nitrogen and oxygen atoms in total. The highest BCUT2D eigenvalue weighted by molar-refractivity contribution is 9.10. The van der Waals surface area contributed by atoms with Gasteiger partial charge in [-0.1, -0.05) is 22.0 Å². The molecular weight excluding hydrogens is 223 g/mol. The lowest BCUT2D eigenvalue weighted by atomic mass is 9.98. The van der Waals surface area contributed by atoms with Crippen molar-refractivity contribution in [2.24, 2.45) is 0 Å². The van der Waals surface area contributed by atoms with E-state index in [2.05, 4.69) is 15.9 Å². The zero-order valence-electron chi connectivity index (χ0n) is 6.94. The van der Waals surface area contributed by atoms with Gasteiger partial charge in [-0.05, 0) is 26.0 Å². The van der Waals surface area contributed by atoms with Crippen molar-refractivity contribution in [3.63, 3.8) is 0 Å². The van der Waals surface area contributed by atoms with Crippen LogP contribution in [0.3, 0.4) is 0 Å². The summed E-state index contributed by atoms with van der Waals surface area (Å²) in [4.78, 5) is 0. The van der Waals surface area contributed by atoms with Gasteiger partial charge in [-0.15, -0.1) is 0 Å². The van der Waals surface area contributed by atoms with E-state index in [4.69, 9.17) is 0 Å². The van der Waals surface area contributed by atoms with Crippen molar-refractivity contribution in [2.45, 2.75) is 19.4 Å². The summed E-state index contributed by atoms with van der Waals surface area (Å²) in [6.45, 7) is 3.11. The molecule has 0 aromatic heterocycles. The Hall–Kier alpha value is -0.410. The normalized spacial score (nSPS) is 11.8. The van der Waals surface area contributed by atoms with Crippen LogP contribution in [0.4, 0.5) is 4.39 Å². The number of hydrogen-bond donors (Lipinski definition) is 1. The van der Waals surface area contributed by atoms with Crippen molar-refractivity contribution < 1.29 is 9.50 Å². The molecule has 0 saturated carbocycles. The molecule has 66 valence electrons. The number of hydrogen-bond acceptors (Lipinski definition) is 1. The van der Waals surface area contributed by atoms with Crippen molar-refractivity contribution in [1.82, 2.24) is 0 Å². The Labute approximate surface area is 79.4 Å². The molecule has 0 saturated heterocycles. The lowest BCUT2D eigenvalue weighted by Crippen LogP contribution is -2.17. The third-order valence-corrected chi connectivity index (χ3v) is 2.08. The minimum absolute atomic E-state index is 0.311. The first-order chi connectivity index (χ1) is 5.41. The molecule has 0 aliphatic rings. The Bertz CT molecular complexity index is 291. The molecule has 1 aromatic rings. The lowest BCUT2D eigenvalue weighted by molar-refractivity contribution is 0.0745. The summed E-state index contributed by atoms with van der Waals surface area (Å²) in [5, 5.41) is 9.51. The molecule has 0 aliphatic heterocycles. The average molecular weight is 233 g/mol. The van der Waals surface area contributed by atoms with Gasteiger partial charge in [0.15, 0.2) is 0 Å². The van der Waals surface area contributed by atoms with Crippen molar-refractivity contribution in [3.05, 3.63) is 34.1 Å². The second-order valence-electron chi connectivity index (χ2n) is 3.18. The molecular formula is C9H10BrFO. The Morgan fingerprint density at radius 1 is 1.42 bits per heavy atom. The van der Waals surface area contributed by atoms with Crippen LogP contribution in [-0.2, 0) is 5.60 Å². The third kappa shape index (κ3) is 2.05. The monoisotopic (exact) mass is 232 g/mol. The van der Waals surface area contributed by atoms with Crippen LogP contribution in [0.25, 0.3) is 0 Å². The molecule has 3 heteroatoms. The van der Waals surface area contributed by atoms with Crippen LogP contribution in [0.5, 0.6) is 0 Å². The maximum absolute atomic E-state index is 13.2. The molecule has 0 bridgehead atoms. The Morgan fingerprint density at radius 2 is 2.00 bits per heavy atom. The van der Waals surface area contributed by atoms with Gasteiger partial charge in [0.1, 0.15) is 5.82 Å². The van der Waals surface area contributed by atoms with Crippen LogP contribution in [0, 0.1) is 5.82 Å². The van der Waals surface area contributed by atoms with E-state index in [1.54, 1.807) is 26.0 Å². The molecule has 0 spiro atoms. The van der Waals surface area contributed by atoms with Gasteiger partial charge < -0.3 is 5.11 Å². The van der Waals surface area contributed by atoms with Crippen molar-refractivity contribution in [2.75, 3.05) is 0 Å². The van der Waals surface area contributed by atoms with Gasteiger partial charge in [0, 0.05) is 10.0 Å². The van der Waals surface area contributed by atoms with Gasteiger partial charge in [0.25, 0.3) is 0 Å². The second kappa shape index (κ2) is 3.15. The smallest absolute Gasteiger partial charge is 0.130 e. The molecule has 0 atom stereocenters. The highest BCUT2D eigenvalue weighted by atomic mass is 79.9. The summed E-state index contributed by atoms with van der Waals surface area (Å²) in [6, 6.07) is 4.61. The second-order valence-corrected chi connectivity index (χ2v) is 4.10. The van der Waals surface area contributed by atoms with Gasteiger partial charge in [-0.2, -0.15) is 0 Å². The van der Waals surface area contributed by atoms with E-state index in [1.807, 2.05) is 0 Å². The van der Waals surface area contributed by atoms with Gasteiger partial charge in [0.2, 0.25) is 0 Å². The zero-order chi connectivity index (χ0) is 9.35. The number of rotatable bonds is 1. The standard InChI is InChI=1S/C9H10BrFO/c1-9(2,12)7-4-3-6(10)5-8(7)11/h3-5,12H,1-2H3. The first-order valence-electron chi connectivity index (χ1n) is 3.59. The fourth-order valence-electron chi connectivity index (χ4n) is 0.986. The predicted molar refractivity (Wildman–Crippen MR) is 49.3 cm³/mol. The highest BCUT2D eigenvalue weighted by Crippen LogP contribution is 2.24. The number of benzene rings is 1. The number of halogens is 2. The molecule has 1 rings (SSSR count). The summed E-state index contributed by atoms with van der Waals surface area (Å²) in [6.07, 6.45) is 0. The van der Waals surface area contributed by atoms with Crippen molar-refractivity contribution in [3.8, 4) is 0 Å². The summed E-state index contributed by atoms with van der Waals surface area (Å²) < 4.78 is 13.8. The van der Waals surface area contributed by atoms with Crippen molar-refractivity contribution in [1.29, 1.82) is 0 Å². The molecule has 0 amide bonds. The summed E-state index contributed by atoms with van der Waals surface area (Å²) >= 11 is 3.14. The summed E-state index contributed by atoms with van der Waals surface area (Å²) in [5.74, 6) is -0.392. The molecule has 1 N–H and O–H groups in total. The SMILES string of the molecule is CC(C)(O)c1ccc(Br)cc1F. The van der Waals surface area contributed by atoms with Crippen molar-refractivity contribution >= 4 is 15.9 Å². The molecule has 12 heavy (non-hydrogen) atoms. The maximum Gasteiger partial charge on any atom is 0.130 e. The van der Waals surface area contributed by atoms with E-state index >= 15 is 0 Å². The Morgan fingerprint density at radius 3 is 2.42 bits per heavy atom. The fraction of sp³-hybridized carbons (Fsp3) is 0.333. The predicted octanol–water partition coefficient (Wildman–Crippen LogP) is 2.82. The van der Waals surface area contributed by atoms with E-state index < -0.39 is 11.4 Å². The van der Waals surface area contributed by atoms with Crippen LogP contribution < -0.4 is 0 Å². The van der Waals surface area contributed by atoms with Crippen LogP contribution in [0.15, 0.2) is 22.7 Å². The summed E-state index contributed by atoms with van der Waals surface area (Å²) in [7, 11) is 0. The van der Waals surface area contributed by atoms with E-state index in [0.717, 1.165) is 0 Å². The maximum atomic E-state index is 13.2. The molecule has 0 unspecified atom stereocenters. The Balaban J connectivity index is 3.19. The molecule has 0 aliphatic carbocycles. The van der Waals surface area contributed by atoms with E-state index in [9.17, 15) is 9.50 Å². The molecule has 0 radical (unpaired) electrons. The summed E-state index contributed by atoms with van der Waals surface area (Å²) in [5.41, 5.74) is -0.809. The van der Waals surface area contributed by atoms with Gasteiger partial charge in [0.05, 0.1) is 5.60 Å². The van der Waals surface area contributed by atoms with Crippen LogP contribution in [0.1, 0.15) is 19.4 Å².